The van der Waals surface area contributed by atoms with E-state index in [4.69, 9.17) is 5.11 Å². The summed E-state index contributed by atoms with van der Waals surface area (Å²) in [5, 5.41) is 8.91. The summed E-state index contributed by atoms with van der Waals surface area (Å²) in [4.78, 5) is 25.0. The molecule has 1 N–H and O–H groups in total. The summed E-state index contributed by atoms with van der Waals surface area (Å²) in [6.07, 6.45) is 6.20. The lowest BCUT2D eigenvalue weighted by Crippen LogP contribution is -2.45. The highest BCUT2D eigenvalue weighted by Crippen LogP contribution is 2.40. The predicted octanol–water partition coefficient (Wildman–Crippen LogP) is 2.53. The molecule has 0 aliphatic heterocycles. The largest absolute Gasteiger partial charge is 0.481 e. The maximum Gasteiger partial charge on any atom is 0.308 e. The van der Waals surface area contributed by atoms with Crippen LogP contribution in [0.3, 0.4) is 0 Å². The number of rotatable bonds is 5. The molecule has 1 amide bonds. The molecule has 0 aromatic carbocycles. The molecule has 1 saturated carbocycles. The summed E-state index contributed by atoms with van der Waals surface area (Å²) in [5.41, 5.74) is -0.231. The second-order valence-electron chi connectivity index (χ2n) is 5.62. The van der Waals surface area contributed by atoms with Crippen LogP contribution >= 0.6 is 0 Å². The van der Waals surface area contributed by atoms with Gasteiger partial charge in [0.05, 0.1) is 5.92 Å². The lowest BCUT2D eigenvalue weighted by molar-refractivity contribution is -0.147. The smallest absolute Gasteiger partial charge is 0.308 e. The molecule has 104 valence electrons. The van der Waals surface area contributed by atoms with Gasteiger partial charge >= 0.3 is 5.97 Å². The highest BCUT2D eigenvalue weighted by atomic mass is 16.4. The van der Waals surface area contributed by atoms with Gasteiger partial charge in [0.15, 0.2) is 0 Å². The predicted molar refractivity (Wildman–Crippen MR) is 70.2 cm³/mol. The van der Waals surface area contributed by atoms with Gasteiger partial charge in [0, 0.05) is 19.0 Å². The highest BCUT2D eigenvalue weighted by molar-refractivity contribution is 5.83. The van der Waals surface area contributed by atoms with Gasteiger partial charge in [-0.1, -0.05) is 33.1 Å². The standard InChI is InChI=1S/C14H25NO3/c1-4-14(8-6-5-7-9-14)13(18)15(3)10-11(2)12(16)17/h11H,4-10H2,1-3H3,(H,16,17). The average Bonchev–Trinajstić information content (AvgIpc) is 2.38. The molecule has 0 aromatic rings. The van der Waals surface area contributed by atoms with Crippen molar-refractivity contribution in [2.24, 2.45) is 11.3 Å². The normalized spacial score (nSPS) is 20.2. The third-order valence-electron chi connectivity index (χ3n) is 4.26. The molecule has 0 saturated heterocycles. The molecule has 1 rings (SSSR count). The quantitative estimate of drug-likeness (QED) is 0.821. The lowest BCUT2D eigenvalue weighted by atomic mass is 9.71. The molecule has 0 bridgehead atoms. The number of carboxylic acids is 1. The molecular formula is C14H25NO3. The molecule has 4 heteroatoms. The van der Waals surface area contributed by atoms with Crippen LogP contribution in [0.1, 0.15) is 52.4 Å². The van der Waals surface area contributed by atoms with Gasteiger partial charge in [-0.25, -0.2) is 0 Å². The second-order valence-corrected chi connectivity index (χ2v) is 5.62. The highest BCUT2D eigenvalue weighted by Gasteiger charge is 2.39. The fourth-order valence-electron chi connectivity index (χ4n) is 2.92. The van der Waals surface area contributed by atoms with E-state index in [9.17, 15) is 9.59 Å². The van der Waals surface area contributed by atoms with E-state index in [1.165, 1.54) is 6.42 Å². The Morgan fingerprint density at radius 1 is 1.28 bits per heavy atom. The molecule has 1 fully saturated rings. The summed E-state index contributed by atoms with van der Waals surface area (Å²) < 4.78 is 0. The van der Waals surface area contributed by atoms with Gasteiger partial charge in [-0.15, -0.1) is 0 Å². The number of hydrogen-bond acceptors (Lipinski definition) is 2. The van der Waals surface area contributed by atoms with Crippen LogP contribution in [0.25, 0.3) is 0 Å². The number of amides is 1. The third kappa shape index (κ3) is 3.24. The van der Waals surface area contributed by atoms with E-state index < -0.39 is 11.9 Å². The summed E-state index contributed by atoms with van der Waals surface area (Å²) in [6.45, 7) is 4.01. The Morgan fingerprint density at radius 2 is 1.83 bits per heavy atom. The van der Waals surface area contributed by atoms with Crippen LogP contribution in [0.5, 0.6) is 0 Å². The first-order valence-corrected chi connectivity index (χ1v) is 6.91. The minimum atomic E-state index is -0.844. The molecule has 18 heavy (non-hydrogen) atoms. The van der Waals surface area contributed by atoms with Gasteiger partial charge in [0.1, 0.15) is 0 Å². The summed E-state index contributed by atoms with van der Waals surface area (Å²) in [5.74, 6) is -1.21. The van der Waals surface area contributed by atoms with Crippen LogP contribution in [0.4, 0.5) is 0 Å². The van der Waals surface area contributed by atoms with Gasteiger partial charge in [0.25, 0.3) is 0 Å². The molecular weight excluding hydrogens is 230 g/mol. The number of carbonyl (C=O) groups excluding carboxylic acids is 1. The van der Waals surface area contributed by atoms with Crippen molar-refractivity contribution >= 4 is 11.9 Å². The second kappa shape index (κ2) is 6.21. The fourth-order valence-corrected chi connectivity index (χ4v) is 2.92. The van der Waals surface area contributed by atoms with Gasteiger partial charge in [-0.3, -0.25) is 9.59 Å². The van der Waals surface area contributed by atoms with Crippen molar-refractivity contribution in [3.63, 3.8) is 0 Å². The van der Waals surface area contributed by atoms with E-state index in [0.29, 0.717) is 6.54 Å². The molecule has 4 nitrogen and oxygen atoms in total. The van der Waals surface area contributed by atoms with Crippen LogP contribution in [0.2, 0.25) is 0 Å². The van der Waals surface area contributed by atoms with Crippen LogP contribution in [0, 0.1) is 11.3 Å². The maximum atomic E-state index is 12.5. The van der Waals surface area contributed by atoms with E-state index >= 15 is 0 Å². The van der Waals surface area contributed by atoms with Crippen LogP contribution in [-0.2, 0) is 9.59 Å². The number of nitrogens with zero attached hydrogens (tertiary/aromatic N) is 1. The van der Waals surface area contributed by atoms with Gasteiger partial charge < -0.3 is 10.0 Å². The van der Waals surface area contributed by atoms with Crippen LogP contribution in [-0.4, -0.2) is 35.5 Å². The molecule has 0 radical (unpaired) electrons. The SMILES string of the molecule is CCC1(C(=O)N(C)CC(C)C(=O)O)CCCCC1. The van der Waals surface area contributed by atoms with Crippen LogP contribution in [0.15, 0.2) is 0 Å². The Labute approximate surface area is 109 Å². The summed E-state index contributed by atoms with van der Waals surface area (Å²) in [7, 11) is 1.73. The first-order chi connectivity index (χ1) is 8.43. The topological polar surface area (TPSA) is 57.6 Å². The van der Waals surface area contributed by atoms with Crippen molar-refractivity contribution < 1.29 is 14.7 Å². The van der Waals surface area contributed by atoms with Crippen molar-refractivity contribution in [2.45, 2.75) is 52.4 Å². The monoisotopic (exact) mass is 255 g/mol. The summed E-state index contributed by atoms with van der Waals surface area (Å²) in [6, 6.07) is 0. The van der Waals surface area contributed by atoms with Gasteiger partial charge in [-0.2, -0.15) is 0 Å². The molecule has 1 aliphatic carbocycles. The Hall–Kier alpha value is -1.06. The minimum Gasteiger partial charge on any atom is -0.481 e. The minimum absolute atomic E-state index is 0.137. The summed E-state index contributed by atoms with van der Waals surface area (Å²) >= 11 is 0. The van der Waals surface area contributed by atoms with Crippen LogP contribution < -0.4 is 0 Å². The zero-order valence-electron chi connectivity index (χ0n) is 11.7. The number of hydrogen-bond donors (Lipinski definition) is 1. The Morgan fingerprint density at radius 3 is 2.28 bits per heavy atom. The first kappa shape index (κ1) is 15.0. The van der Waals surface area contributed by atoms with Crippen molar-refractivity contribution in [1.82, 2.24) is 4.90 Å². The van der Waals surface area contributed by atoms with Crippen molar-refractivity contribution in [1.29, 1.82) is 0 Å². The molecule has 0 heterocycles. The van der Waals surface area contributed by atoms with Crippen molar-refractivity contribution in [2.75, 3.05) is 13.6 Å². The van der Waals surface area contributed by atoms with E-state index in [1.54, 1.807) is 18.9 Å². The van der Waals surface area contributed by atoms with E-state index in [0.717, 1.165) is 32.1 Å². The number of carbonyl (C=O) groups is 2. The zero-order valence-corrected chi connectivity index (χ0v) is 11.7. The number of aliphatic carboxylic acids is 1. The van der Waals surface area contributed by atoms with Crippen molar-refractivity contribution in [3.05, 3.63) is 0 Å². The van der Waals surface area contributed by atoms with E-state index in [2.05, 4.69) is 6.92 Å². The molecule has 1 unspecified atom stereocenters. The molecule has 0 aromatic heterocycles. The third-order valence-corrected chi connectivity index (χ3v) is 4.26. The van der Waals surface area contributed by atoms with Crippen molar-refractivity contribution in [3.8, 4) is 0 Å². The Kier molecular flexibility index (Phi) is 5.17. The van der Waals surface area contributed by atoms with Gasteiger partial charge in [0.2, 0.25) is 5.91 Å². The van der Waals surface area contributed by atoms with Gasteiger partial charge in [-0.05, 0) is 19.3 Å². The first-order valence-electron chi connectivity index (χ1n) is 6.91. The van der Waals surface area contributed by atoms with E-state index in [1.807, 2.05) is 0 Å². The lowest BCUT2D eigenvalue weighted by Gasteiger charge is -2.38. The Bertz CT molecular complexity index is 308. The molecule has 0 spiro atoms. The number of carboxylic acid groups (broad SMARTS) is 1. The maximum absolute atomic E-state index is 12.5. The average molecular weight is 255 g/mol. The molecule has 1 atom stereocenters. The zero-order chi connectivity index (χ0) is 13.8. The Balaban J connectivity index is 2.68. The van der Waals surface area contributed by atoms with E-state index in [-0.39, 0.29) is 11.3 Å². The fraction of sp³-hybridized carbons (Fsp3) is 0.857. The molecule has 1 aliphatic rings.